The fourth-order valence-corrected chi connectivity index (χ4v) is 4.77. The quantitative estimate of drug-likeness (QED) is 0.272. The monoisotopic (exact) mass is 388 g/mol. The molecule has 0 spiro atoms. The molecule has 2 atom stereocenters. The van der Waals surface area contributed by atoms with Crippen LogP contribution in [-0.4, -0.2) is 21.5 Å². The maximum atomic E-state index is 6.61. The van der Waals surface area contributed by atoms with Crippen molar-refractivity contribution >= 4 is 8.32 Å². The molecule has 2 rings (SSSR count). The smallest absolute Gasteiger partial charge is 0.192 e. The second-order valence-electron chi connectivity index (χ2n) is 10.1. The number of hydrogen-bond donors (Lipinski definition) is 0. The molecule has 0 heterocycles. The van der Waals surface area contributed by atoms with Crippen molar-refractivity contribution in [1.29, 1.82) is 0 Å². The topological polar surface area (TPSA) is 18.5 Å². The van der Waals surface area contributed by atoms with Gasteiger partial charge in [-0.15, -0.1) is 0 Å². The summed E-state index contributed by atoms with van der Waals surface area (Å²) >= 11 is 0. The van der Waals surface area contributed by atoms with Gasteiger partial charge in [0.2, 0.25) is 0 Å². The first-order valence-electron chi connectivity index (χ1n) is 10.5. The second kappa shape index (κ2) is 9.06. The van der Waals surface area contributed by atoms with Gasteiger partial charge in [0.15, 0.2) is 8.32 Å². The molecule has 0 bridgehead atoms. The van der Waals surface area contributed by atoms with Gasteiger partial charge in [-0.1, -0.05) is 70.2 Å². The fourth-order valence-electron chi connectivity index (χ4n) is 3.76. The van der Waals surface area contributed by atoms with Crippen LogP contribution in [0.15, 0.2) is 42.5 Å². The summed E-state index contributed by atoms with van der Waals surface area (Å²) in [6.45, 7) is 20.8. The number of ether oxygens (including phenoxy) is 1. The molecule has 1 fully saturated rings. The molecular formula is C24H40O2Si. The van der Waals surface area contributed by atoms with Crippen LogP contribution in [0.3, 0.4) is 0 Å². The summed E-state index contributed by atoms with van der Waals surface area (Å²) in [7, 11) is -1.74. The van der Waals surface area contributed by atoms with E-state index in [-0.39, 0.29) is 10.5 Å². The molecule has 1 aliphatic rings. The molecule has 0 N–H and O–H groups in total. The fraction of sp³-hybridized carbons (Fsp3) is 0.667. The molecule has 0 amide bonds. The zero-order valence-electron chi connectivity index (χ0n) is 18.4. The molecule has 1 aromatic carbocycles. The van der Waals surface area contributed by atoms with E-state index in [2.05, 4.69) is 71.6 Å². The van der Waals surface area contributed by atoms with Crippen LogP contribution in [0.5, 0.6) is 0 Å². The summed E-state index contributed by atoms with van der Waals surface area (Å²) in [4.78, 5) is 0. The first-order chi connectivity index (χ1) is 12.6. The third-order valence-corrected chi connectivity index (χ3v) is 11.4. The number of rotatable bonds is 8. The van der Waals surface area contributed by atoms with Gasteiger partial charge in [-0.3, -0.25) is 0 Å². The van der Waals surface area contributed by atoms with E-state index < -0.39 is 8.32 Å². The van der Waals surface area contributed by atoms with Crippen LogP contribution in [0.25, 0.3) is 0 Å². The molecular weight excluding hydrogens is 348 g/mol. The molecule has 0 aromatic heterocycles. The average Bonchev–Trinajstić information content (AvgIpc) is 2.58. The Bertz CT molecular complexity index is 603. The van der Waals surface area contributed by atoms with E-state index in [1.807, 2.05) is 6.07 Å². The zero-order valence-corrected chi connectivity index (χ0v) is 19.4. The van der Waals surface area contributed by atoms with E-state index in [1.54, 1.807) is 0 Å². The molecule has 2 nitrogen and oxygen atoms in total. The Morgan fingerprint density at radius 2 is 1.85 bits per heavy atom. The Labute approximate surface area is 168 Å². The van der Waals surface area contributed by atoms with Crippen LogP contribution in [-0.2, 0) is 15.8 Å². The molecule has 27 heavy (non-hydrogen) atoms. The maximum Gasteiger partial charge on any atom is 0.192 e. The summed E-state index contributed by atoms with van der Waals surface area (Å²) in [5.41, 5.74) is 2.85. The van der Waals surface area contributed by atoms with Crippen LogP contribution < -0.4 is 0 Å². The van der Waals surface area contributed by atoms with E-state index in [4.69, 9.17) is 9.16 Å². The minimum atomic E-state index is -1.74. The van der Waals surface area contributed by atoms with E-state index in [0.29, 0.717) is 12.5 Å². The third-order valence-electron chi connectivity index (χ3n) is 6.93. The lowest BCUT2D eigenvalue weighted by Gasteiger charge is -2.45. The molecule has 1 aliphatic carbocycles. The molecule has 3 heteroatoms. The molecule has 152 valence electrons. The van der Waals surface area contributed by atoms with Gasteiger partial charge in [0.25, 0.3) is 0 Å². The Morgan fingerprint density at radius 1 is 1.19 bits per heavy atom. The minimum absolute atomic E-state index is 0.231. The SMILES string of the molecule is C=C1CCC[C@@](C)(CCOCc2ccccc2)[C@H]1CO[Si](C)(C)C(C)(C)C. The Kier molecular flexibility index (Phi) is 7.52. The van der Waals surface area contributed by atoms with Gasteiger partial charge >= 0.3 is 0 Å². The van der Waals surface area contributed by atoms with Crippen LogP contribution >= 0.6 is 0 Å². The summed E-state index contributed by atoms with van der Waals surface area (Å²) in [5.74, 6) is 0.445. The van der Waals surface area contributed by atoms with Crippen molar-refractivity contribution in [2.75, 3.05) is 13.2 Å². The van der Waals surface area contributed by atoms with Crippen molar-refractivity contribution in [2.24, 2.45) is 11.3 Å². The largest absolute Gasteiger partial charge is 0.416 e. The normalized spacial score (nSPS) is 24.2. The van der Waals surface area contributed by atoms with E-state index in [9.17, 15) is 0 Å². The van der Waals surface area contributed by atoms with E-state index in [0.717, 1.165) is 26.1 Å². The first kappa shape index (κ1) is 22.4. The lowest BCUT2D eigenvalue weighted by atomic mass is 9.64. The van der Waals surface area contributed by atoms with Gasteiger partial charge in [-0.25, -0.2) is 0 Å². The molecule has 0 radical (unpaired) electrons. The van der Waals surface area contributed by atoms with Crippen molar-refractivity contribution < 1.29 is 9.16 Å². The molecule has 0 unspecified atom stereocenters. The van der Waals surface area contributed by atoms with Crippen molar-refractivity contribution in [3.63, 3.8) is 0 Å². The first-order valence-corrected chi connectivity index (χ1v) is 13.4. The molecule has 1 aromatic rings. The third kappa shape index (κ3) is 6.04. The lowest BCUT2D eigenvalue weighted by molar-refractivity contribution is 0.0399. The van der Waals surface area contributed by atoms with Crippen molar-refractivity contribution in [3.05, 3.63) is 48.0 Å². The summed E-state index contributed by atoms with van der Waals surface area (Å²) in [6, 6.07) is 10.4. The highest BCUT2D eigenvalue weighted by atomic mass is 28.4. The van der Waals surface area contributed by atoms with Crippen molar-refractivity contribution in [3.8, 4) is 0 Å². The van der Waals surface area contributed by atoms with Gasteiger partial charge < -0.3 is 9.16 Å². The van der Waals surface area contributed by atoms with Crippen LogP contribution in [0, 0.1) is 11.3 Å². The number of hydrogen-bond acceptors (Lipinski definition) is 2. The maximum absolute atomic E-state index is 6.61. The van der Waals surface area contributed by atoms with Gasteiger partial charge in [-0.2, -0.15) is 0 Å². The Balaban J connectivity index is 1.93. The highest BCUT2D eigenvalue weighted by Crippen LogP contribution is 2.47. The Morgan fingerprint density at radius 3 is 2.48 bits per heavy atom. The Hall–Kier alpha value is -0.903. The van der Waals surface area contributed by atoms with Crippen LogP contribution in [0.1, 0.15) is 58.9 Å². The standard InChI is InChI=1S/C24H40O2Si/c1-20-12-11-15-24(5,16-17-25-18-21-13-9-8-10-14-21)22(20)19-26-27(6,7)23(2,3)4/h8-10,13-14,22H,1,11-12,15-19H2,2-7H3/t22-,24-/m0/s1. The second-order valence-corrected chi connectivity index (χ2v) is 14.9. The van der Waals surface area contributed by atoms with Crippen LogP contribution in [0.4, 0.5) is 0 Å². The summed E-state index contributed by atoms with van der Waals surface area (Å²) in [6.07, 6.45) is 4.70. The molecule has 0 aliphatic heterocycles. The summed E-state index contributed by atoms with van der Waals surface area (Å²) in [5, 5.41) is 0.248. The number of benzene rings is 1. The molecule has 0 saturated heterocycles. The average molecular weight is 389 g/mol. The van der Waals surface area contributed by atoms with Gasteiger partial charge in [0.1, 0.15) is 0 Å². The van der Waals surface area contributed by atoms with Crippen LogP contribution in [0.2, 0.25) is 18.1 Å². The lowest BCUT2D eigenvalue weighted by Crippen LogP contribution is -2.45. The van der Waals surface area contributed by atoms with Crippen molar-refractivity contribution in [1.82, 2.24) is 0 Å². The van der Waals surface area contributed by atoms with Gasteiger partial charge in [0, 0.05) is 19.1 Å². The highest BCUT2D eigenvalue weighted by Gasteiger charge is 2.42. The predicted molar refractivity (Wildman–Crippen MR) is 118 cm³/mol. The predicted octanol–water partition coefficient (Wildman–Crippen LogP) is 6.98. The van der Waals surface area contributed by atoms with E-state index >= 15 is 0 Å². The van der Waals surface area contributed by atoms with Gasteiger partial charge in [-0.05, 0) is 54.8 Å². The van der Waals surface area contributed by atoms with Crippen molar-refractivity contribution in [2.45, 2.75) is 78.1 Å². The zero-order chi connectivity index (χ0) is 20.1. The van der Waals surface area contributed by atoms with E-state index in [1.165, 1.54) is 24.0 Å². The summed E-state index contributed by atoms with van der Waals surface area (Å²) < 4.78 is 12.6. The highest BCUT2D eigenvalue weighted by molar-refractivity contribution is 6.74. The minimum Gasteiger partial charge on any atom is -0.416 e. The molecule has 1 saturated carbocycles. The van der Waals surface area contributed by atoms with Gasteiger partial charge in [0.05, 0.1) is 6.61 Å².